The van der Waals surface area contributed by atoms with Crippen molar-refractivity contribution in [3.8, 4) is 24.7 Å². The molecule has 2 aromatic heterocycles. The number of nitrogens with zero attached hydrogens (tertiary/aromatic N) is 4. The molecule has 9 heteroatoms. The topological polar surface area (TPSA) is 63.2 Å². The van der Waals surface area contributed by atoms with E-state index in [4.69, 9.17) is 10.00 Å². The van der Waals surface area contributed by atoms with Crippen molar-refractivity contribution in [3.63, 3.8) is 0 Å². The minimum absolute atomic E-state index is 0.133. The van der Waals surface area contributed by atoms with E-state index in [-0.39, 0.29) is 29.2 Å². The number of benzene rings is 1. The number of ether oxygens (including phenoxy) is 1. The van der Waals surface area contributed by atoms with Crippen molar-refractivity contribution in [2.45, 2.75) is 44.4 Å². The van der Waals surface area contributed by atoms with Gasteiger partial charge >= 0.3 is 6.18 Å². The zero-order valence-electron chi connectivity index (χ0n) is 17.7. The molecular weight excluding hydrogens is 436 g/mol. The fourth-order valence-corrected chi connectivity index (χ4v) is 3.43. The monoisotopic (exact) mass is 458 g/mol. The number of hydrogen-bond donors (Lipinski definition) is 0. The summed E-state index contributed by atoms with van der Waals surface area (Å²) in [6.45, 7) is 0. The third kappa shape index (κ3) is 6.01. The summed E-state index contributed by atoms with van der Waals surface area (Å²) in [4.78, 5) is 0. The second kappa shape index (κ2) is 10.4. The van der Waals surface area contributed by atoms with Crippen molar-refractivity contribution < 1.29 is 22.3 Å². The summed E-state index contributed by atoms with van der Waals surface area (Å²) in [5.41, 5.74) is -1.10. The number of halogens is 4. The van der Waals surface area contributed by atoms with Gasteiger partial charge in [-0.15, -0.1) is 23.0 Å². The van der Waals surface area contributed by atoms with Crippen LogP contribution in [0.15, 0.2) is 42.6 Å². The summed E-state index contributed by atoms with van der Waals surface area (Å²) in [6.07, 6.45) is 8.33. The molecule has 0 spiro atoms. The van der Waals surface area contributed by atoms with Gasteiger partial charge < -0.3 is 4.74 Å². The Morgan fingerprint density at radius 3 is 2.27 bits per heavy atom. The third-order valence-electron chi connectivity index (χ3n) is 5.37. The second-order valence-electron chi connectivity index (χ2n) is 7.84. The van der Waals surface area contributed by atoms with Crippen LogP contribution < -0.4 is 4.74 Å². The highest BCUT2D eigenvalue weighted by atomic mass is 19.4. The average Bonchev–Trinajstić information content (AvgIpc) is 3.50. The summed E-state index contributed by atoms with van der Waals surface area (Å²) >= 11 is 0. The van der Waals surface area contributed by atoms with Gasteiger partial charge in [0.2, 0.25) is 0 Å². The van der Waals surface area contributed by atoms with Crippen molar-refractivity contribution in [1.82, 2.24) is 14.6 Å². The molecule has 0 radical (unpaired) electrons. The van der Waals surface area contributed by atoms with E-state index in [1.807, 2.05) is 0 Å². The van der Waals surface area contributed by atoms with Crippen LogP contribution in [0.3, 0.4) is 0 Å². The van der Waals surface area contributed by atoms with Crippen LogP contribution in [0.2, 0.25) is 0 Å². The van der Waals surface area contributed by atoms with Gasteiger partial charge in [0, 0.05) is 25.5 Å². The van der Waals surface area contributed by atoms with Crippen molar-refractivity contribution in [3.05, 3.63) is 59.8 Å². The summed E-state index contributed by atoms with van der Waals surface area (Å²) < 4.78 is 59.5. The number of alkyl halides is 3. The molecule has 0 amide bonds. The van der Waals surface area contributed by atoms with E-state index < -0.39 is 11.7 Å². The van der Waals surface area contributed by atoms with E-state index in [9.17, 15) is 17.6 Å². The first-order valence-corrected chi connectivity index (χ1v) is 10.4. The lowest BCUT2D eigenvalue weighted by atomic mass is 9.83. The molecule has 2 aliphatic carbocycles. The first-order chi connectivity index (χ1) is 15.8. The molecule has 2 saturated carbocycles. The Morgan fingerprint density at radius 2 is 1.76 bits per heavy atom. The number of pyridine rings is 1. The molecule has 0 saturated heterocycles. The maximum absolute atomic E-state index is 13.6. The molecule has 33 heavy (non-hydrogen) atoms. The summed E-state index contributed by atoms with van der Waals surface area (Å²) in [6, 6.07) is 11.4. The molecular formula is C24H22F4N4O. The van der Waals surface area contributed by atoms with Crippen molar-refractivity contribution in [2.75, 3.05) is 0 Å². The standard InChI is InChI=1S/C16H15F3N4O.C6H5F.C2H2/c17-16(18,19)14-12(24-11-5-10(6-11)8-20)3-4-23-13(7-9-1-2-9)21-22-15(14)23;7-6-4-2-1-3-5-6;1-2/h3-4,9-11H,1-2,5-7H2;1-5H;1-2H. The fraction of sp³-hybridized carbons (Fsp3) is 0.375. The van der Waals surface area contributed by atoms with E-state index in [1.165, 1.54) is 28.8 Å². The van der Waals surface area contributed by atoms with Gasteiger partial charge in [-0.2, -0.15) is 18.4 Å². The van der Waals surface area contributed by atoms with Crippen LogP contribution in [0.4, 0.5) is 17.6 Å². The van der Waals surface area contributed by atoms with E-state index in [1.54, 1.807) is 18.2 Å². The zero-order chi connectivity index (χ0) is 24.0. The van der Waals surface area contributed by atoms with Gasteiger partial charge in [-0.3, -0.25) is 4.40 Å². The highest BCUT2D eigenvalue weighted by Crippen LogP contribution is 2.41. The Kier molecular flexibility index (Phi) is 7.55. The number of aromatic nitrogens is 3. The van der Waals surface area contributed by atoms with Crippen LogP contribution in [0, 0.1) is 41.8 Å². The lowest BCUT2D eigenvalue weighted by Gasteiger charge is -2.31. The largest absolute Gasteiger partial charge is 0.489 e. The number of terminal acetylenes is 1. The second-order valence-corrected chi connectivity index (χ2v) is 7.84. The lowest BCUT2D eigenvalue weighted by Crippen LogP contribution is -2.33. The number of rotatable bonds is 4. The van der Waals surface area contributed by atoms with Crippen molar-refractivity contribution in [1.29, 1.82) is 5.26 Å². The molecule has 3 aromatic rings. The van der Waals surface area contributed by atoms with Gasteiger partial charge in [0.05, 0.1) is 12.0 Å². The Labute approximate surface area is 189 Å². The molecule has 0 unspecified atom stereocenters. The Hall–Kier alpha value is -3.59. The highest BCUT2D eigenvalue weighted by Gasteiger charge is 2.40. The van der Waals surface area contributed by atoms with E-state index in [2.05, 4.69) is 29.1 Å². The van der Waals surface area contributed by atoms with E-state index >= 15 is 0 Å². The SMILES string of the molecule is C#C.Fc1ccccc1.N#CC1CC(Oc2ccn3c(CC4CC4)nnc3c2C(F)(F)F)C1. The van der Waals surface area contributed by atoms with Gasteiger partial charge in [0.25, 0.3) is 0 Å². The van der Waals surface area contributed by atoms with Crippen LogP contribution in [-0.2, 0) is 12.6 Å². The smallest absolute Gasteiger partial charge is 0.423 e. The molecule has 2 aliphatic rings. The van der Waals surface area contributed by atoms with Crippen LogP contribution in [0.25, 0.3) is 5.65 Å². The predicted octanol–water partition coefficient (Wildman–Crippen LogP) is 5.46. The molecule has 0 bridgehead atoms. The van der Waals surface area contributed by atoms with Crippen LogP contribution in [0.1, 0.15) is 37.1 Å². The molecule has 0 N–H and O–H groups in total. The lowest BCUT2D eigenvalue weighted by molar-refractivity contribution is -0.138. The molecule has 1 aromatic carbocycles. The molecule has 5 rings (SSSR count). The van der Waals surface area contributed by atoms with Gasteiger partial charge in [0.1, 0.15) is 29.1 Å². The Bertz CT molecular complexity index is 1120. The van der Waals surface area contributed by atoms with Crippen molar-refractivity contribution >= 4 is 5.65 Å². The number of fused-ring (bicyclic) bond motifs is 1. The first-order valence-electron chi connectivity index (χ1n) is 10.4. The molecule has 172 valence electrons. The maximum atomic E-state index is 13.6. The fourth-order valence-electron chi connectivity index (χ4n) is 3.43. The zero-order valence-corrected chi connectivity index (χ0v) is 17.7. The molecule has 2 fully saturated rings. The first kappa shape index (κ1) is 24.1. The third-order valence-corrected chi connectivity index (χ3v) is 5.37. The molecule has 2 heterocycles. The van der Waals surface area contributed by atoms with Gasteiger partial charge in [0.15, 0.2) is 5.65 Å². The molecule has 0 aliphatic heterocycles. The quantitative estimate of drug-likeness (QED) is 0.385. The van der Waals surface area contributed by atoms with Crippen molar-refractivity contribution in [2.24, 2.45) is 11.8 Å². The molecule has 5 nitrogen and oxygen atoms in total. The Morgan fingerprint density at radius 1 is 1.09 bits per heavy atom. The van der Waals surface area contributed by atoms with Crippen LogP contribution in [-0.4, -0.2) is 20.7 Å². The van der Waals surface area contributed by atoms with Gasteiger partial charge in [-0.05, 0) is 37.0 Å². The summed E-state index contributed by atoms with van der Waals surface area (Å²) in [5.74, 6) is 0.508. The Balaban J connectivity index is 0.000000289. The van der Waals surface area contributed by atoms with Gasteiger partial charge in [-0.1, -0.05) is 18.2 Å². The van der Waals surface area contributed by atoms with Crippen LogP contribution in [0.5, 0.6) is 5.75 Å². The number of hydrogen-bond acceptors (Lipinski definition) is 4. The number of nitriles is 1. The minimum Gasteiger partial charge on any atom is -0.489 e. The van der Waals surface area contributed by atoms with Crippen LogP contribution >= 0.6 is 0 Å². The molecule has 0 atom stereocenters. The summed E-state index contributed by atoms with van der Waals surface area (Å²) in [7, 11) is 0. The van der Waals surface area contributed by atoms with E-state index in [0.29, 0.717) is 31.0 Å². The summed E-state index contributed by atoms with van der Waals surface area (Å²) in [5, 5.41) is 16.5. The van der Waals surface area contributed by atoms with E-state index in [0.717, 1.165) is 12.8 Å². The maximum Gasteiger partial charge on any atom is 0.423 e. The minimum atomic E-state index is -4.58. The normalized spacial score (nSPS) is 19.2. The highest BCUT2D eigenvalue weighted by molar-refractivity contribution is 5.57. The van der Waals surface area contributed by atoms with Gasteiger partial charge in [-0.25, -0.2) is 4.39 Å². The average molecular weight is 458 g/mol. The predicted molar refractivity (Wildman–Crippen MR) is 113 cm³/mol.